The van der Waals surface area contributed by atoms with Crippen molar-refractivity contribution in [3.8, 4) is 0 Å². The molecule has 3 aromatic rings. The van der Waals surface area contributed by atoms with E-state index in [1.54, 1.807) is 25.3 Å². The number of fused-ring (bicyclic) bond motifs is 1. The van der Waals surface area contributed by atoms with Crippen LogP contribution in [0.4, 0.5) is 4.39 Å². The van der Waals surface area contributed by atoms with Gasteiger partial charge in [-0.2, -0.15) is 10.2 Å². The number of nitrogens with zero attached hydrogens (tertiary/aromatic N) is 4. The molecule has 0 spiro atoms. The Labute approximate surface area is 141 Å². The third-order valence-corrected chi connectivity index (χ3v) is 4.64. The van der Waals surface area contributed by atoms with Gasteiger partial charge in [-0.25, -0.2) is 13.8 Å². The first kappa shape index (κ1) is 15.3. The van der Waals surface area contributed by atoms with Gasteiger partial charge >= 0.3 is 0 Å². The van der Waals surface area contributed by atoms with Crippen molar-refractivity contribution in [3.63, 3.8) is 0 Å². The van der Waals surface area contributed by atoms with Gasteiger partial charge in [0.25, 0.3) is 5.56 Å². The minimum atomic E-state index is -0.343. The number of halogens is 2. The van der Waals surface area contributed by atoms with Gasteiger partial charge in [-0.1, -0.05) is 29.8 Å². The van der Waals surface area contributed by atoms with E-state index >= 15 is 0 Å². The molecule has 0 radical (unpaired) electrons. The maximum atomic E-state index is 13.8. The van der Waals surface area contributed by atoms with Gasteiger partial charge in [-0.15, -0.1) is 0 Å². The van der Waals surface area contributed by atoms with Crippen LogP contribution in [0.3, 0.4) is 0 Å². The number of rotatable bonds is 4. The molecule has 0 bridgehead atoms. The van der Waals surface area contributed by atoms with E-state index in [1.807, 2.05) is 0 Å². The fourth-order valence-electron chi connectivity index (χ4n) is 2.81. The van der Waals surface area contributed by atoms with E-state index in [0.29, 0.717) is 10.9 Å². The topological polar surface area (TPSA) is 61.9 Å². The van der Waals surface area contributed by atoms with Crippen molar-refractivity contribution in [1.82, 2.24) is 19.6 Å². The van der Waals surface area contributed by atoms with Gasteiger partial charge in [0.15, 0.2) is 5.52 Å². The maximum absolute atomic E-state index is 13.8. The molecule has 0 aliphatic heterocycles. The zero-order valence-corrected chi connectivity index (χ0v) is 13.6. The van der Waals surface area contributed by atoms with Crippen LogP contribution in [0, 0.1) is 5.82 Å². The lowest BCUT2D eigenvalue weighted by atomic mass is 10.2. The maximum Gasteiger partial charge on any atom is 0.295 e. The number of benzene rings is 1. The second-order valence-electron chi connectivity index (χ2n) is 5.77. The Hall–Kier alpha value is -2.25. The van der Waals surface area contributed by atoms with E-state index in [1.165, 1.54) is 21.6 Å². The van der Waals surface area contributed by atoms with Gasteiger partial charge in [0.1, 0.15) is 11.0 Å². The molecule has 1 saturated carbocycles. The number of aromatic nitrogens is 4. The molecule has 2 atom stereocenters. The van der Waals surface area contributed by atoms with Gasteiger partial charge in [0.2, 0.25) is 0 Å². The van der Waals surface area contributed by atoms with Crippen LogP contribution in [-0.2, 0) is 11.3 Å². The highest BCUT2D eigenvalue weighted by atomic mass is 35.5. The molecule has 2 heterocycles. The summed E-state index contributed by atoms with van der Waals surface area (Å²) >= 11 is 6.30. The predicted octanol–water partition coefficient (Wildman–Crippen LogP) is 2.39. The second kappa shape index (κ2) is 5.68. The largest absolute Gasteiger partial charge is 0.379 e. The Morgan fingerprint density at radius 2 is 2.21 bits per heavy atom. The van der Waals surface area contributed by atoms with Crippen LogP contribution in [0.25, 0.3) is 10.9 Å². The average Bonchev–Trinajstić information content (AvgIpc) is 3.29. The lowest BCUT2D eigenvalue weighted by Crippen LogP contribution is -2.23. The first-order valence-electron chi connectivity index (χ1n) is 7.50. The van der Waals surface area contributed by atoms with Crippen molar-refractivity contribution in [2.24, 2.45) is 0 Å². The van der Waals surface area contributed by atoms with Gasteiger partial charge in [-0.3, -0.25) is 4.79 Å². The highest BCUT2D eigenvalue weighted by molar-refractivity contribution is 6.34. The van der Waals surface area contributed by atoms with E-state index in [-0.39, 0.29) is 40.7 Å². The molecule has 2 unspecified atom stereocenters. The number of ether oxygens (including phenoxy) is 1. The summed E-state index contributed by atoms with van der Waals surface area (Å²) in [6.45, 7) is 0.143. The van der Waals surface area contributed by atoms with E-state index in [0.717, 1.165) is 6.42 Å². The van der Waals surface area contributed by atoms with Crippen molar-refractivity contribution in [2.75, 3.05) is 7.11 Å². The standard InChI is InChI=1S/C16H14ClFN4O2/c1-24-13-6-12(13)22-16(23)14-10(7-19-22)15(17)21(20-14)8-9-4-2-3-5-11(9)18/h2-5,7,12-13H,6,8H2,1H3. The third kappa shape index (κ3) is 2.40. The summed E-state index contributed by atoms with van der Waals surface area (Å²) in [6.07, 6.45) is 2.27. The van der Waals surface area contributed by atoms with Crippen LogP contribution in [0.2, 0.25) is 5.15 Å². The molecule has 1 fully saturated rings. The summed E-state index contributed by atoms with van der Waals surface area (Å²) in [5, 5.41) is 9.18. The molecule has 0 saturated heterocycles. The summed E-state index contributed by atoms with van der Waals surface area (Å²) in [7, 11) is 1.61. The van der Waals surface area contributed by atoms with Gasteiger partial charge < -0.3 is 4.74 Å². The average molecular weight is 349 g/mol. The Bertz CT molecular complexity index is 984. The van der Waals surface area contributed by atoms with E-state index in [9.17, 15) is 9.18 Å². The van der Waals surface area contributed by atoms with Crippen molar-refractivity contribution < 1.29 is 9.13 Å². The van der Waals surface area contributed by atoms with E-state index in [2.05, 4.69) is 10.2 Å². The SMILES string of the molecule is COC1CC1n1ncc2c(Cl)n(Cc3ccccc3F)nc2c1=O. The Kier molecular flexibility index (Phi) is 3.62. The highest BCUT2D eigenvalue weighted by Crippen LogP contribution is 2.36. The minimum Gasteiger partial charge on any atom is -0.379 e. The lowest BCUT2D eigenvalue weighted by molar-refractivity contribution is 0.167. The van der Waals surface area contributed by atoms with Crippen molar-refractivity contribution in [2.45, 2.75) is 25.1 Å². The molecule has 6 nitrogen and oxygen atoms in total. The molecule has 1 aromatic carbocycles. The molecule has 0 amide bonds. The Balaban J connectivity index is 1.76. The Morgan fingerprint density at radius 3 is 2.92 bits per heavy atom. The predicted molar refractivity (Wildman–Crippen MR) is 86.8 cm³/mol. The minimum absolute atomic E-state index is 0.00335. The van der Waals surface area contributed by atoms with E-state index < -0.39 is 0 Å². The van der Waals surface area contributed by atoms with Crippen molar-refractivity contribution >= 4 is 22.5 Å². The van der Waals surface area contributed by atoms with E-state index in [4.69, 9.17) is 16.3 Å². The zero-order chi connectivity index (χ0) is 16.8. The smallest absolute Gasteiger partial charge is 0.295 e. The Morgan fingerprint density at radius 1 is 1.42 bits per heavy atom. The fraction of sp³-hybridized carbons (Fsp3) is 0.312. The number of hydrogen-bond donors (Lipinski definition) is 0. The van der Waals surface area contributed by atoms with Gasteiger partial charge in [-0.05, 0) is 6.07 Å². The quantitative estimate of drug-likeness (QED) is 0.726. The molecular formula is C16H14ClFN4O2. The first-order chi connectivity index (χ1) is 11.6. The fourth-order valence-corrected chi connectivity index (χ4v) is 3.04. The molecule has 1 aliphatic rings. The first-order valence-corrected chi connectivity index (χ1v) is 7.88. The monoisotopic (exact) mass is 348 g/mol. The highest BCUT2D eigenvalue weighted by Gasteiger charge is 2.41. The van der Waals surface area contributed by atoms with Gasteiger partial charge in [0.05, 0.1) is 30.3 Å². The van der Waals surface area contributed by atoms with Crippen LogP contribution in [-0.4, -0.2) is 32.8 Å². The molecule has 0 N–H and O–H groups in total. The normalized spacial score (nSPS) is 19.8. The molecule has 124 valence electrons. The van der Waals surface area contributed by atoms with Gasteiger partial charge in [0, 0.05) is 19.1 Å². The van der Waals surface area contributed by atoms with Crippen molar-refractivity contribution in [3.05, 3.63) is 57.3 Å². The summed E-state index contributed by atoms with van der Waals surface area (Å²) < 4.78 is 21.8. The molecular weight excluding hydrogens is 335 g/mol. The lowest BCUT2D eigenvalue weighted by Gasteiger charge is -2.04. The number of hydrogen-bond acceptors (Lipinski definition) is 4. The molecule has 2 aromatic heterocycles. The van der Waals surface area contributed by atoms with Crippen molar-refractivity contribution in [1.29, 1.82) is 0 Å². The van der Waals surface area contributed by atoms with Crippen LogP contribution >= 0.6 is 11.6 Å². The van der Waals surface area contributed by atoms with Crippen LogP contribution in [0.5, 0.6) is 0 Å². The van der Waals surface area contributed by atoms with Crippen LogP contribution in [0.1, 0.15) is 18.0 Å². The van der Waals surface area contributed by atoms with Crippen LogP contribution in [0.15, 0.2) is 35.3 Å². The summed E-state index contributed by atoms with van der Waals surface area (Å²) in [4.78, 5) is 12.6. The summed E-state index contributed by atoms with van der Waals surface area (Å²) in [5.41, 5.74) is 0.362. The molecule has 4 rings (SSSR count). The van der Waals surface area contributed by atoms with Crippen LogP contribution < -0.4 is 5.56 Å². The summed E-state index contributed by atoms with van der Waals surface area (Å²) in [5.74, 6) is -0.343. The molecule has 24 heavy (non-hydrogen) atoms. The summed E-state index contributed by atoms with van der Waals surface area (Å²) in [6, 6.07) is 6.32. The third-order valence-electron chi connectivity index (χ3n) is 4.24. The number of methoxy groups -OCH3 is 1. The molecule has 1 aliphatic carbocycles. The zero-order valence-electron chi connectivity index (χ0n) is 12.8. The molecule has 8 heteroatoms. The second-order valence-corrected chi connectivity index (χ2v) is 6.13.